The van der Waals surface area contributed by atoms with Crippen LogP contribution in [0.25, 0.3) is 0 Å². The Morgan fingerprint density at radius 3 is 2.33 bits per heavy atom. The molecule has 0 radical (unpaired) electrons. The predicted molar refractivity (Wildman–Crippen MR) is 112 cm³/mol. The average molecular weight is 428 g/mol. The summed E-state index contributed by atoms with van der Waals surface area (Å²) < 4.78 is 46.7. The van der Waals surface area contributed by atoms with E-state index < -0.39 is 21.7 Å². The van der Waals surface area contributed by atoms with Crippen molar-refractivity contribution in [3.8, 4) is 5.75 Å². The quantitative estimate of drug-likeness (QED) is 0.619. The molecule has 1 amide bonds. The van der Waals surface area contributed by atoms with E-state index in [9.17, 15) is 17.6 Å². The minimum Gasteiger partial charge on any atom is -0.497 e. The Morgan fingerprint density at radius 2 is 1.70 bits per heavy atom. The molecule has 0 atom stereocenters. The molecule has 156 valence electrons. The SMILES string of the molecule is COc1ccc(S(=O)(=O)Nc2cc(F)ccc2C(=O)N(C)Cc2ccccc2)cc1. The summed E-state index contributed by atoms with van der Waals surface area (Å²) in [7, 11) is -0.970. The van der Waals surface area contributed by atoms with Crippen LogP contribution in [0, 0.1) is 5.82 Å². The highest BCUT2D eigenvalue weighted by molar-refractivity contribution is 7.92. The van der Waals surface area contributed by atoms with Crippen LogP contribution in [0.1, 0.15) is 15.9 Å². The molecule has 0 aromatic heterocycles. The molecule has 0 fully saturated rings. The number of methoxy groups -OCH3 is 1. The average Bonchev–Trinajstić information content (AvgIpc) is 2.74. The second-order valence-corrected chi connectivity index (χ2v) is 8.30. The molecule has 0 unspecified atom stereocenters. The zero-order chi connectivity index (χ0) is 21.7. The van der Waals surface area contributed by atoms with Gasteiger partial charge in [0.05, 0.1) is 23.3 Å². The van der Waals surface area contributed by atoms with Crippen molar-refractivity contribution in [2.75, 3.05) is 18.9 Å². The fraction of sp³-hybridized carbons (Fsp3) is 0.136. The third-order valence-corrected chi connectivity index (χ3v) is 5.82. The molecular formula is C22H21FN2O4S. The van der Waals surface area contributed by atoms with Crippen molar-refractivity contribution in [2.45, 2.75) is 11.4 Å². The van der Waals surface area contributed by atoms with Crippen LogP contribution in [-0.2, 0) is 16.6 Å². The molecule has 0 spiro atoms. The van der Waals surface area contributed by atoms with Crippen LogP contribution < -0.4 is 9.46 Å². The van der Waals surface area contributed by atoms with Gasteiger partial charge in [-0.3, -0.25) is 9.52 Å². The van der Waals surface area contributed by atoms with Crippen molar-refractivity contribution in [1.29, 1.82) is 0 Å². The minimum absolute atomic E-state index is 0.0383. The molecule has 3 aromatic rings. The fourth-order valence-corrected chi connectivity index (χ4v) is 3.95. The first-order valence-corrected chi connectivity index (χ1v) is 10.5. The Hall–Kier alpha value is -3.39. The van der Waals surface area contributed by atoms with Crippen molar-refractivity contribution in [3.63, 3.8) is 0 Å². The van der Waals surface area contributed by atoms with Gasteiger partial charge in [-0.1, -0.05) is 30.3 Å². The van der Waals surface area contributed by atoms with Gasteiger partial charge < -0.3 is 9.64 Å². The summed E-state index contributed by atoms with van der Waals surface area (Å²) in [4.78, 5) is 14.3. The lowest BCUT2D eigenvalue weighted by molar-refractivity contribution is 0.0786. The highest BCUT2D eigenvalue weighted by atomic mass is 32.2. The molecule has 0 saturated heterocycles. The van der Waals surface area contributed by atoms with E-state index in [1.165, 1.54) is 42.3 Å². The fourth-order valence-electron chi connectivity index (χ4n) is 2.88. The Kier molecular flexibility index (Phi) is 6.37. The van der Waals surface area contributed by atoms with Gasteiger partial charge in [-0.15, -0.1) is 0 Å². The second kappa shape index (κ2) is 8.96. The minimum atomic E-state index is -4.04. The van der Waals surface area contributed by atoms with Gasteiger partial charge >= 0.3 is 0 Å². The molecule has 8 heteroatoms. The van der Waals surface area contributed by atoms with Gasteiger partial charge in [0.25, 0.3) is 15.9 Å². The number of benzene rings is 3. The van der Waals surface area contributed by atoms with E-state index in [0.29, 0.717) is 12.3 Å². The van der Waals surface area contributed by atoms with E-state index in [1.807, 2.05) is 30.3 Å². The molecule has 0 heterocycles. The Balaban J connectivity index is 1.88. The van der Waals surface area contributed by atoms with Crippen LogP contribution in [0.5, 0.6) is 5.75 Å². The normalized spacial score (nSPS) is 11.0. The predicted octanol–water partition coefficient (Wildman–Crippen LogP) is 3.91. The van der Waals surface area contributed by atoms with E-state index in [1.54, 1.807) is 7.05 Å². The topological polar surface area (TPSA) is 75.7 Å². The molecule has 0 aliphatic rings. The van der Waals surface area contributed by atoms with Crippen molar-refractivity contribution >= 4 is 21.6 Å². The van der Waals surface area contributed by atoms with Gasteiger partial charge in [-0.2, -0.15) is 0 Å². The lowest BCUT2D eigenvalue weighted by Gasteiger charge is -2.20. The molecule has 0 bridgehead atoms. The molecule has 6 nitrogen and oxygen atoms in total. The first-order valence-electron chi connectivity index (χ1n) is 9.06. The summed E-state index contributed by atoms with van der Waals surface area (Å²) in [5.74, 6) is -0.603. The number of anilines is 1. The number of amides is 1. The third kappa shape index (κ3) is 4.96. The number of carbonyl (C=O) groups excluding carboxylic acids is 1. The van der Waals surface area contributed by atoms with Gasteiger partial charge in [-0.25, -0.2) is 12.8 Å². The monoisotopic (exact) mass is 428 g/mol. The Bertz CT molecular complexity index is 1130. The molecule has 1 N–H and O–H groups in total. The largest absolute Gasteiger partial charge is 0.497 e. The van der Waals surface area contributed by atoms with Crippen LogP contribution in [0.4, 0.5) is 10.1 Å². The number of nitrogens with zero attached hydrogens (tertiary/aromatic N) is 1. The summed E-state index contributed by atoms with van der Waals surface area (Å²) in [6.45, 7) is 0.321. The van der Waals surface area contributed by atoms with Gasteiger partial charge in [0, 0.05) is 13.6 Å². The highest BCUT2D eigenvalue weighted by Crippen LogP contribution is 2.24. The van der Waals surface area contributed by atoms with Gasteiger partial charge in [-0.05, 0) is 48.0 Å². The maximum absolute atomic E-state index is 13.9. The van der Waals surface area contributed by atoms with E-state index in [-0.39, 0.29) is 16.1 Å². The number of carbonyl (C=O) groups is 1. The van der Waals surface area contributed by atoms with Gasteiger partial charge in [0.15, 0.2) is 0 Å². The number of hydrogen-bond acceptors (Lipinski definition) is 4. The molecule has 0 aliphatic carbocycles. The standard InChI is InChI=1S/C22H21FN2O4S/c1-25(15-16-6-4-3-5-7-16)22(26)20-13-8-17(23)14-21(20)24-30(27,28)19-11-9-18(29-2)10-12-19/h3-14,24H,15H2,1-2H3. The van der Waals surface area contributed by atoms with E-state index in [2.05, 4.69) is 4.72 Å². The Morgan fingerprint density at radius 1 is 1.03 bits per heavy atom. The van der Waals surface area contributed by atoms with Gasteiger partial charge in [0.1, 0.15) is 11.6 Å². The van der Waals surface area contributed by atoms with Crippen LogP contribution in [0.3, 0.4) is 0 Å². The highest BCUT2D eigenvalue weighted by Gasteiger charge is 2.21. The number of hydrogen-bond donors (Lipinski definition) is 1. The Labute approximate surface area is 175 Å². The zero-order valence-corrected chi connectivity index (χ0v) is 17.3. The van der Waals surface area contributed by atoms with Crippen LogP contribution in [0.15, 0.2) is 77.7 Å². The van der Waals surface area contributed by atoms with Crippen LogP contribution in [-0.4, -0.2) is 33.4 Å². The lowest BCUT2D eigenvalue weighted by Crippen LogP contribution is -2.27. The van der Waals surface area contributed by atoms with E-state index in [4.69, 9.17) is 4.74 Å². The maximum atomic E-state index is 13.9. The summed E-state index contributed by atoms with van der Waals surface area (Å²) in [5, 5.41) is 0. The summed E-state index contributed by atoms with van der Waals surface area (Å²) in [5.41, 5.74) is 0.832. The first-order chi connectivity index (χ1) is 14.3. The second-order valence-electron chi connectivity index (χ2n) is 6.62. The van der Waals surface area contributed by atoms with E-state index >= 15 is 0 Å². The third-order valence-electron chi connectivity index (χ3n) is 4.44. The smallest absolute Gasteiger partial charge is 0.261 e. The molecule has 3 aromatic carbocycles. The lowest BCUT2D eigenvalue weighted by atomic mass is 10.1. The van der Waals surface area contributed by atoms with Crippen molar-refractivity contribution in [2.24, 2.45) is 0 Å². The number of rotatable bonds is 7. The molecule has 0 saturated carbocycles. The number of halogens is 1. The summed E-state index contributed by atoms with van der Waals surface area (Å²) in [6, 6.07) is 18.5. The van der Waals surface area contributed by atoms with Crippen molar-refractivity contribution in [1.82, 2.24) is 4.90 Å². The van der Waals surface area contributed by atoms with E-state index in [0.717, 1.165) is 17.7 Å². The number of sulfonamides is 1. The number of nitrogens with one attached hydrogen (secondary N) is 1. The first kappa shape index (κ1) is 21.3. The number of ether oxygens (including phenoxy) is 1. The molecule has 30 heavy (non-hydrogen) atoms. The molecular weight excluding hydrogens is 407 g/mol. The van der Waals surface area contributed by atoms with Crippen LogP contribution in [0.2, 0.25) is 0 Å². The van der Waals surface area contributed by atoms with Gasteiger partial charge in [0.2, 0.25) is 0 Å². The van der Waals surface area contributed by atoms with Crippen LogP contribution >= 0.6 is 0 Å². The summed E-state index contributed by atoms with van der Waals surface area (Å²) >= 11 is 0. The molecule has 0 aliphatic heterocycles. The zero-order valence-electron chi connectivity index (χ0n) is 16.5. The van der Waals surface area contributed by atoms with Crippen molar-refractivity contribution in [3.05, 3.63) is 89.7 Å². The molecule has 3 rings (SSSR count). The summed E-state index contributed by atoms with van der Waals surface area (Å²) in [6.07, 6.45) is 0. The van der Waals surface area contributed by atoms with Crippen molar-refractivity contribution < 1.29 is 22.3 Å². The maximum Gasteiger partial charge on any atom is 0.261 e.